The Bertz CT molecular complexity index is 806. The van der Waals surface area contributed by atoms with E-state index in [4.69, 9.17) is 14.2 Å². The molecule has 1 aromatic heterocycles. The van der Waals surface area contributed by atoms with Gasteiger partial charge in [-0.2, -0.15) is 0 Å². The molecule has 2 rings (SSSR count). The van der Waals surface area contributed by atoms with Crippen molar-refractivity contribution in [3.63, 3.8) is 0 Å². The third-order valence-corrected chi connectivity index (χ3v) is 4.44. The molecule has 0 saturated heterocycles. The smallest absolute Gasteiger partial charge is 0.323 e. The number of ketones is 1. The Hall–Kier alpha value is -3.06. The van der Waals surface area contributed by atoms with E-state index in [1.165, 1.54) is 0 Å². The van der Waals surface area contributed by atoms with Gasteiger partial charge in [-0.3, -0.25) is 19.4 Å². The SMILES string of the molecule is CCOC(=O)C(C(=O)OCC)C(OCC)C(C(=O)c1ccccc1)c1ccccn1. The van der Waals surface area contributed by atoms with Crippen molar-refractivity contribution in [2.24, 2.45) is 5.92 Å². The van der Waals surface area contributed by atoms with E-state index < -0.39 is 29.9 Å². The van der Waals surface area contributed by atoms with E-state index in [0.29, 0.717) is 11.3 Å². The average Bonchev–Trinajstić information content (AvgIpc) is 2.76. The Balaban J connectivity index is 2.60. The van der Waals surface area contributed by atoms with E-state index in [-0.39, 0.29) is 25.6 Å². The summed E-state index contributed by atoms with van der Waals surface area (Å²) in [7, 11) is 0. The van der Waals surface area contributed by atoms with Gasteiger partial charge in [0, 0.05) is 18.4 Å². The normalized spacial score (nSPS) is 12.8. The molecule has 0 amide bonds. The lowest BCUT2D eigenvalue weighted by molar-refractivity contribution is -0.169. The molecule has 0 aliphatic carbocycles. The van der Waals surface area contributed by atoms with Crippen LogP contribution >= 0.6 is 0 Å². The van der Waals surface area contributed by atoms with Crippen LogP contribution in [0.1, 0.15) is 42.7 Å². The van der Waals surface area contributed by atoms with Crippen LogP contribution in [-0.4, -0.2) is 48.6 Å². The second-order valence-corrected chi connectivity index (χ2v) is 6.36. The first-order valence-corrected chi connectivity index (χ1v) is 10.00. The number of ether oxygens (including phenoxy) is 3. The second-order valence-electron chi connectivity index (χ2n) is 6.36. The molecular weight excluding hydrogens is 386 g/mol. The Morgan fingerprint density at radius 1 is 0.833 bits per heavy atom. The summed E-state index contributed by atoms with van der Waals surface area (Å²) in [4.78, 5) is 43.3. The van der Waals surface area contributed by atoms with E-state index in [9.17, 15) is 14.4 Å². The molecular formula is C23H27NO6. The molecule has 1 aromatic carbocycles. The lowest BCUT2D eigenvalue weighted by Crippen LogP contribution is -2.45. The summed E-state index contributed by atoms with van der Waals surface area (Å²) in [5.74, 6) is -4.34. The maximum Gasteiger partial charge on any atom is 0.323 e. The summed E-state index contributed by atoms with van der Waals surface area (Å²) in [5.41, 5.74) is 0.813. The fourth-order valence-electron chi connectivity index (χ4n) is 3.20. The topological polar surface area (TPSA) is 91.8 Å². The molecule has 0 fully saturated rings. The molecule has 7 heteroatoms. The van der Waals surface area contributed by atoms with E-state index >= 15 is 0 Å². The Kier molecular flexibility index (Phi) is 9.15. The lowest BCUT2D eigenvalue weighted by Gasteiger charge is -2.30. The van der Waals surface area contributed by atoms with Crippen LogP contribution in [0.3, 0.4) is 0 Å². The lowest BCUT2D eigenvalue weighted by atomic mass is 9.82. The monoisotopic (exact) mass is 413 g/mol. The highest BCUT2D eigenvalue weighted by molar-refractivity contribution is 6.03. The quantitative estimate of drug-likeness (QED) is 0.317. The van der Waals surface area contributed by atoms with Crippen LogP contribution in [0.4, 0.5) is 0 Å². The van der Waals surface area contributed by atoms with Gasteiger partial charge in [-0.15, -0.1) is 0 Å². The Morgan fingerprint density at radius 2 is 1.43 bits per heavy atom. The predicted octanol–water partition coefficient (Wildman–Crippen LogP) is 3.20. The van der Waals surface area contributed by atoms with Crippen LogP contribution in [0, 0.1) is 5.92 Å². The summed E-state index contributed by atoms with van der Waals surface area (Å²) in [5, 5.41) is 0. The Labute approximate surface area is 176 Å². The zero-order chi connectivity index (χ0) is 21.9. The Morgan fingerprint density at radius 3 is 1.93 bits per heavy atom. The van der Waals surface area contributed by atoms with E-state index in [1.54, 1.807) is 75.5 Å². The molecule has 0 saturated carbocycles. The summed E-state index contributed by atoms with van der Waals surface area (Å²) < 4.78 is 16.1. The zero-order valence-corrected chi connectivity index (χ0v) is 17.4. The third-order valence-electron chi connectivity index (χ3n) is 4.44. The predicted molar refractivity (Wildman–Crippen MR) is 110 cm³/mol. The molecule has 30 heavy (non-hydrogen) atoms. The summed E-state index contributed by atoms with van der Waals surface area (Å²) in [6, 6.07) is 13.8. The standard InChI is InChI=1S/C23H27NO6/c1-4-28-21(19(22(26)29-5-2)23(27)30-6-3)18(17-14-10-11-15-24-17)20(25)16-12-8-7-9-13-16/h7-15,18-19,21H,4-6H2,1-3H3. The molecule has 2 unspecified atom stereocenters. The van der Waals surface area contributed by atoms with Crippen molar-refractivity contribution in [1.82, 2.24) is 4.98 Å². The van der Waals surface area contributed by atoms with E-state index in [1.807, 2.05) is 0 Å². The van der Waals surface area contributed by atoms with Crippen molar-refractivity contribution in [1.29, 1.82) is 0 Å². The van der Waals surface area contributed by atoms with Crippen molar-refractivity contribution in [3.8, 4) is 0 Å². The molecule has 0 bridgehead atoms. The maximum atomic E-state index is 13.5. The molecule has 160 valence electrons. The molecule has 0 N–H and O–H groups in total. The number of hydrogen-bond donors (Lipinski definition) is 0. The first kappa shape index (κ1) is 23.2. The summed E-state index contributed by atoms with van der Waals surface area (Å²) in [6.07, 6.45) is 0.406. The molecule has 1 heterocycles. The van der Waals surface area contributed by atoms with Crippen molar-refractivity contribution < 1.29 is 28.6 Å². The fraction of sp³-hybridized carbons (Fsp3) is 0.391. The minimum absolute atomic E-state index is 0.0778. The number of nitrogens with zero attached hydrogens (tertiary/aromatic N) is 1. The van der Waals surface area contributed by atoms with Crippen LogP contribution in [0.5, 0.6) is 0 Å². The van der Waals surface area contributed by atoms with Gasteiger partial charge in [-0.25, -0.2) is 0 Å². The van der Waals surface area contributed by atoms with Crippen molar-refractivity contribution in [2.45, 2.75) is 32.8 Å². The number of aromatic nitrogens is 1. The number of esters is 2. The number of carbonyl (C=O) groups excluding carboxylic acids is 3. The van der Waals surface area contributed by atoms with Gasteiger partial charge >= 0.3 is 11.9 Å². The number of carbonyl (C=O) groups is 3. The van der Waals surface area contributed by atoms with E-state index in [2.05, 4.69) is 4.98 Å². The van der Waals surface area contributed by atoms with Gasteiger partial charge in [0.25, 0.3) is 0 Å². The number of Topliss-reactive ketones (excluding diaryl/α,β-unsaturated/α-hetero) is 1. The highest BCUT2D eigenvalue weighted by Crippen LogP contribution is 2.31. The minimum Gasteiger partial charge on any atom is -0.465 e. The van der Waals surface area contributed by atoms with Crippen LogP contribution in [0.25, 0.3) is 0 Å². The molecule has 7 nitrogen and oxygen atoms in total. The summed E-state index contributed by atoms with van der Waals surface area (Å²) >= 11 is 0. The van der Waals surface area contributed by atoms with Crippen LogP contribution in [-0.2, 0) is 23.8 Å². The first-order chi connectivity index (χ1) is 14.5. The average molecular weight is 413 g/mol. The number of hydrogen-bond acceptors (Lipinski definition) is 7. The van der Waals surface area contributed by atoms with Gasteiger partial charge in [0.2, 0.25) is 0 Å². The van der Waals surface area contributed by atoms with Gasteiger partial charge in [-0.05, 0) is 32.9 Å². The van der Waals surface area contributed by atoms with Crippen LogP contribution in [0.2, 0.25) is 0 Å². The zero-order valence-electron chi connectivity index (χ0n) is 17.4. The first-order valence-electron chi connectivity index (χ1n) is 10.00. The van der Waals surface area contributed by atoms with E-state index in [0.717, 1.165) is 0 Å². The fourth-order valence-corrected chi connectivity index (χ4v) is 3.20. The van der Waals surface area contributed by atoms with Crippen molar-refractivity contribution in [3.05, 3.63) is 66.0 Å². The highest BCUT2D eigenvalue weighted by Gasteiger charge is 2.46. The minimum atomic E-state index is -1.43. The third kappa shape index (κ3) is 5.73. The van der Waals surface area contributed by atoms with Gasteiger partial charge in [0.1, 0.15) is 0 Å². The van der Waals surface area contributed by atoms with Crippen LogP contribution in [0.15, 0.2) is 54.7 Å². The van der Waals surface area contributed by atoms with Gasteiger partial charge < -0.3 is 14.2 Å². The van der Waals surface area contributed by atoms with Gasteiger partial charge in [0.05, 0.1) is 30.9 Å². The number of benzene rings is 1. The molecule has 2 atom stereocenters. The highest BCUT2D eigenvalue weighted by atomic mass is 16.6. The summed E-state index contributed by atoms with van der Waals surface area (Å²) in [6.45, 7) is 5.33. The number of pyridine rings is 1. The van der Waals surface area contributed by atoms with Gasteiger partial charge in [0.15, 0.2) is 11.7 Å². The molecule has 0 aliphatic rings. The van der Waals surface area contributed by atoms with Crippen molar-refractivity contribution >= 4 is 17.7 Å². The number of rotatable bonds is 11. The van der Waals surface area contributed by atoms with Gasteiger partial charge in [-0.1, -0.05) is 36.4 Å². The molecule has 0 aliphatic heterocycles. The maximum absolute atomic E-state index is 13.5. The molecule has 0 radical (unpaired) electrons. The molecule has 2 aromatic rings. The molecule has 0 spiro atoms. The second kappa shape index (κ2) is 11.8. The van der Waals surface area contributed by atoms with Crippen LogP contribution < -0.4 is 0 Å². The van der Waals surface area contributed by atoms with Crippen molar-refractivity contribution in [2.75, 3.05) is 19.8 Å². The largest absolute Gasteiger partial charge is 0.465 e.